The molecule has 3 aliphatic rings. The van der Waals surface area contributed by atoms with Crippen molar-refractivity contribution in [1.29, 1.82) is 0 Å². The molecule has 0 aliphatic carbocycles. The van der Waals surface area contributed by atoms with Crippen LogP contribution in [0.1, 0.15) is 41.7 Å². The van der Waals surface area contributed by atoms with Crippen LogP contribution in [0.5, 0.6) is 5.75 Å². The summed E-state index contributed by atoms with van der Waals surface area (Å²) in [7, 11) is 3.24. The number of carboxylic acids is 1. The number of likely N-dealkylation sites (tertiary alicyclic amines) is 1. The van der Waals surface area contributed by atoms with Gasteiger partial charge in [0.15, 0.2) is 11.2 Å². The van der Waals surface area contributed by atoms with Gasteiger partial charge >= 0.3 is 5.97 Å². The summed E-state index contributed by atoms with van der Waals surface area (Å²) in [6.45, 7) is 3.47. The zero-order valence-corrected chi connectivity index (χ0v) is 25.8. The average Bonchev–Trinajstić information content (AvgIpc) is 3.59. The topological polar surface area (TPSA) is 129 Å². The van der Waals surface area contributed by atoms with Gasteiger partial charge in [-0.3, -0.25) is 14.5 Å². The minimum absolute atomic E-state index is 0.187. The summed E-state index contributed by atoms with van der Waals surface area (Å²) >= 11 is 14.5. The SMILES string of the molecule is COCC1CCCN1CC1=C(c2cc(Cl)c(OC)c(Cl)c2)NC(NC(=O)c2cnc(N3CCC(C(=O)O)CC3)cn2)S1. The van der Waals surface area contributed by atoms with Crippen molar-refractivity contribution in [2.75, 3.05) is 51.9 Å². The van der Waals surface area contributed by atoms with Crippen molar-refractivity contribution in [2.45, 2.75) is 37.2 Å². The molecule has 2 saturated heterocycles. The summed E-state index contributed by atoms with van der Waals surface area (Å²) in [4.78, 5) is 38.6. The first kappa shape index (κ1) is 30.7. The molecule has 4 heterocycles. The molecular formula is C28H34Cl2N6O5S. The first-order valence-corrected chi connectivity index (χ1v) is 15.4. The van der Waals surface area contributed by atoms with E-state index >= 15 is 0 Å². The zero-order valence-electron chi connectivity index (χ0n) is 23.4. The Hall–Kier alpha value is -2.77. The van der Waals surface area contributed by atoms with Gasteiger partial charge in [-0.1, -0.05) is 35.0 Å². The number of methoxy groups -OCH3 is 2. The summed E-state index contributed by atoms with van der Waals surface area (Å²) in [5.41, 5.74) is 1.36. The Morgan fingerprint density at radius 1 is 1.12 bits per heavy atom. The molecule has 2 unspecified atom stereocenters. The average molecular weight is 638 g/mol. The quantitative estimate of drug-likeness (QED) is 0.351. The molecule has 0 bridgehead atoms. The molecule has 1 aromatic heterocycles. The smallest absolute Gasteiger partial charge is 0.306 e. The Morgan fingerprint density at radius 3 is 2.48 bits per heavy atom. The lowest BCUT2D eigenvalue weighted by Gasteiger charge is -2.30. The van der Waals surface area contributed by atoms with Gasteiger partial charge in [0.2, 0.25) is 0 Å². The normalized spacial score (nSPS) is 21.5. The standard InChI is InChI=1S/C28H34Cl2N6O5S/c1-40-15-18-4-3-7-36(18)14-22-24(17-10-19(29)25(41-2)20(30)11-17)33-28(42-22)34-26(37)21-12-32-23(13-31-21)35-8-5-16(6-9-35)27(38)39/h10-13,16,18,28,33H,3-9,14-15H2,1-2H3,(H,34,37)(H,38,39). The number of carbonyl (C=O) groups excluding carboxylic acids is 1. The number of anilines is 1. The molecule has 3 aliphatic heterocycles. The van der Waals surface area contributed by atoms with Crippen molar-refractivity contribution >= 4 is 58.4 Å². The van der Waals surface area contributed by atoms with Crippen molar-refractivity contribution in [3.63, 3.8) is 0 Å². The van der Waals surface area contributed by atoms with E-state index in [1.54, 1.807) is 25.4 Å². The molecule has 0 spiro atoms. The van der Waals surface area contributed by atoms with Crippen molar-refractivity contribution in [2.24, 2.45) is 5.92 Å². The number of rotatable bonds is 10. The minimum Gasteiger partial charge on any atom is -0.494 e. The Kier molecular flexibility index (Phi) is 10.00. The van der Waals surface area contributed by atoms with Crippen LogP contribution in [0.3, 0.4) is 0 Å². The maximum Gasteiger partial charge on any atom is 0.306 e. The number of benzene rings is 1. The summed E-state index contributed by atoms with van der Waals surface area (Å²) in [5, 5.41) is 16.5. The van der Waals surface area contributed by atoms with Gasteiger partial charge in [-0.05, 0) is 44.4 Å². The van der Waals surface area contributed by atoms with Crippen LogP contribution in [0.2, 0.25) is 10.0 Å². The number of piperidine rings is 1. The second kappa shape index (κ2) is 13.7. The van der Waals surface area contributed by atoms with Crippen molar-refractivity contribution < 1.29 is 24.2 Å². The van der Waals surface area contributed by atoms with E-state index in [4.69, 9.17) is 32.7 Å². The Bertz CT molecular complexity index is 1320. The lowest BCUT2D eigenvalue weighted by Crippen LogP contribution is -2.40. The summed E-state index contributed by atoms with van der Waals surface area (Å²) in [6, 6.07) is 3.93. The monoisotopic (exact) mass is 636 g/mol. The van der Waals surface area contributed by atoms with Gasteiger partial charge in [-0.25, -0.2) is 9.97 Å². The molecular weight excluding hydrogens is 603 g/mol. The molecule has 1 amide bonds. The molecule has 226 valence electrons. The lowest BCUT2D eigenvalue weighted by molar-refractivity contribution is -0.142. The number of amides is 1. The first-order chi connectivity index (χ1) is 20.3. The van der Waals surface area contributed by atoms with Crippen molar-refractivity contribution in [3.05, 3.63) is 50.7 Å². The van der Waals surface area contributed by atoms with Gasteiger partial charge in [0.1, 0.15) is 11.5 Å². The molecule has 1 aromatic carbocycles. The van der Waals surface area contributed by atoms with Gasteiger partial charge in [0.25, 0.3) is 5.91 Å². The van der Waals surface area contributed by atoms with Crippen LogP contribution in [0.15, 0.2) is 29.4 Å². The number of carboxylic acid groups (broad SMARTS) is 1. The highest BCUT2D eigenvalue weighted by Gasteiger charge is 2.32. The number of ether oxygens (including phenoxy) is 2. The highest BCUT2D eigenvalue weighted by atomic mass is 35.5. The van der Waals surface area contributed by atoms with E-state index in [-0.39, 0.29) is 17.5 Å². The fourth-order valence-corrected chi connectivity index (χ4v) is 7.39. The van der Waals surface area contributed by atoms with Crippen LogP contribution < -0.4 is 20.3 Å². The van der Waals surface area contributed by atoms with Crippen LogP contribution in [-0.2, 0) is 9.53 Å². The van der Waals surface area contributed by atoms with Crippen LogP contribution in [0.25, 0.3) is 5.70 Å². The molecule has 2 fully saturated rings. The second-order valence-electron chi connectivity index (χ2n) is 10.5. The van der Waals surface area contributed by atoms with Crippen LogP contribution in [-0.4, -0.2) is 90.4 Å². The molecule has 5 rings (SSSR count). The Balaban J connectivity index is 1.29. The maximum atomic E-state index is 13.2. The third-order valence-electron chi connectivity index (χ3n) is 7.81. The van der Waals surface area contributed by atoms with Crippen LogP contribution in [0.4, 0.5) is 5.82 Å². The highest BCUT2D eigenvalue weighted by Crippen LogP contribution is 2.41. The Labute approximate surface area is 258 Å². The molecule has 2 atom stereocenters. The second-order valence-corrected chi connectivity index (χ2v) is 12.5. The fourth-order valence-electron chi connectivity index (χ4n) is 5.59. The van der Waals surface area contributed by atoms with Gasteiger partial charge in [0.05, 0.1) is 47.8 Å². The number of nitrogens with zero attached hydrogens (tertiary/aromatic N) is 4. The summed E-state index contributed by atoms with van der Waals surface area (Å²) in [5.74, 6) is -0.429. The molecule has 0 saturated carbocycles. The predicted molar refractivity (Wildman–Crippen MR) is 163 cm³/mol. The van der Waals surface area contributed by atoms with E-state index in [1.165, 1.54) is 25.1 Å². The lowest BCUT2D eigenvalue weighted by atomic mass is 9.97. The van der Waals surface area contributed by atoms with E-state index < -0.39 is 11.5 Å². The zero-order chi connectivity index (χ0) is 29.8. The van der Waals surface area contributed by atoms with Crippen LogP contribution in [0, 0.1) is 5.92 Å². The molecule has 11 nitrogen and oxygen atoms in total. The number of hydrogen-bond acceptors (Lipinski definition) is 10. The summed E-state index contributed by atoms with van der Waals surface area (Å²) < 4.78 is 10.8. The molecule has 42 heavy (non-hydrogen) atoms. The number of carbonyl (C=O) groups is 2. The van der Waals surface area contributed by atoms with Crippen molar-refractivity contribution in [3.8, 4) is 5.75 Å². The van der Waals surface area contributed by atoms with E-state index in [0.717, 1.165) is 35.6 Å². The van der Waals surface area contributed by atoms with Gasteiger partial charge in [-0.2, -0.15) is 0 Å². The molecule has 3 N–H and O–H groups in total. The number of aliphatic carboxylic acids is 1. The molecule has 0 radical (unpaired) electrons. The van der Waals surface area contributed by atoms with E-state index in [2.05, 4.69) is 25.5 Å². The minimum atomic E-state index is -0.764. The largest absolute Gasteiger partial charge is 0.494 e. The van der Waals surface area contributed by atoms with Gasteiger partial charge in [-0.15, -0.1) is 0 Å². The van der Waals surface area contributed by atoms with E-state index in [9.17, 15) is 14.7 Å². The number of thioether (sulfide) groups is 1. The summed E-state index contributed by atoms with van der Waals surface area (Å²) in [6.07, 6.45) is 6.28. The van der Waals surface area contributed by atoms with Crippen molar-refractivity contribution in [1.82, 2.24) is 25.5 Å². The van der Waals surface area contributed by atoms with E-state index in [0.29, 0.717) is 66.7 Å². The fraction of sp³-hybridized carbons (Fsp3) is 0.500. The number of hydrogen-bond donors (Lipinski definition) is 3. The van der Waals surface area contributed by atoms with Gasteiger partial charge in [0, 0.05) is 43.3 Å². The number of nitrogens with one attached hydrogen (secondary N) is 2. The third-order valence-corrected chi connectivity index (χ3v) is 9.46. The molecule has 14 heteroatoms. The highest BCUT2D eigenvalue weighted by molar-refractivity contribution is 8.04. The van der Waals surface area contributed by atoms with E-state index in [1.807, 2.05) is 4.90 Å². The molecule has 2 aromatic rings. The first-order valence-electron chi connectivity index (χ1n) is 13.8. The van der Waals surface area contributed by atoms with Crippen LogP contribution >= 0.6 is 35.0 Å². The maximum absolute atomic E-state index is 13.2. The van der Waals surface area contributed by atoms with Gasteiger partial charge < -0.3 is 30.1 Å². The Morgan fingerprint density at radius 2 is 1.86 bits per heavy atom. The predicted octanol–water partition coefficient (Wildman–Crippen LogP) is 3.92. The number of aromatic nitrogens is 2. The third kappa shape index (κ3) is 6.89. The number of halogens is 2.